The predicted molar refractivity (Wildman–Crippen MR) is 120 cm³/mol. The number of aliphatic hydroxyl groups is 1. The first-order chi connectivity index (χ1) is 15.4. The summed E-state index contributed by atoms with van der Waals surface area (Å²) in [7, 11) is 0. The van der Waals surface area contributed by atoms with Crippen LogP contribution in [0.25, 0.3) is 22.5 Å². The van der Waals surface area contributed by atoms with Gasteiger partial charge in [-0.25, -0.2) is 4.39 Å². The molecule has 164 valence electrons. The van der Waals surface area contributed by atoms with E-state index < -0.39 is 24.4 Å². The molecule has 0 radical (unpaired) electrons. The number of nitrogens with one attached hydrogen (secondary N) is 2. The number of aromatic amines is 1. The second-order valence-electron chi connectivity index (χ2n) is 6.91. The Kier molecular flexibility index (Phi) is 6.53. The molecular weight excluding hydrogens is 480 g/mol. The quantitative estimate of drug-likeness (QED) is 0.311. The van der Waals surface area contributed by atoms with Crippen molar-refractivity contribution in [3.63, 3.8) is 0 Å². The molecule has 0 spiro atoms. The molecule has 4 aromatic rings. The number of hydrogen-bond acceptors (Lipinski definition) is 4. The molecule has 4 rings (SSSR count). The summed E-state index contributed by atoms with van der Waals surface area (Å²) in [6.45, 7) is -0.400. The van der Waals surface area contributed by atoms with Gasteiger partial charge < -0.3 is 19.9 Å². The van der Waals surface area contributed by atoms with E-state index in [0.29, 0.717) is 38.1 Å². The summed E-state index contributed by atoms with van der Waals surface area (Å²) >= 11 is 18.0. The van der Waals surface area contributed by atoms with Crippen LogP contribution in [0.1, 0.15) is 22.1 Å². The van der Waals surface area contributed by atoms with Gasteiger partial charge >= 0.3 is 0 Å². The molecule has 2 aromatic carbocycles. The number of halogens is 4. The van der Waals surface area contributed by atoms with Gasteiger partial charge in [0.25, 0.3) is 5.91 Å². The van der Waals surface area contributed by atoms with E-state index in [-0.39, 0.29) is 10.7 Å². The molecule has 0 fully saturated rings. The number of benzene rings is 2. The first-order valence-corrected chi connectivity index (χ1v) is 10.5. The Morgan fingerprint density at radius 1 is 1.12 bits per heavy atom. The van der Waals surface area contributed by atoms with E-state index in [9.17, 15) is 14.3 Å². The Hall–Kier alpha value is -2.84. The number of nitrogens with zero attached hydrogens (tertiary/aromatic N) is 1. The molecule has 6 nitrogen and oxygen atoms in total. The number of hydrogen-bond donors (Lipinski definition) is 3. The number of rotatable bonds is 6. The molecule has 0 bridgehead atoms. The molecule has 10 heteroatoms. The van der Waals surface area contributed by atoms with Gasteiger partial charge in [-0.2, -0.15) is 0 Å². The van der Waals surface area contributed by atoms with E-state index >= 15 is 0 Å². The monoisotopic (exact) mass is 493 g/mol. The van der Waals surface area contributed by atoms with Crippen LogP contribution in [-0.4, -0.2) is 27.8 Å². The number of H-pyrrole nitrogens is 1. The highest BCUT2D eigenvalue weighted by Gasteiger charge is 2.20. The second kappa shape index (κ2) is 9.34. The Morgan fingerprint density at radius 3 is 2.56 bits per heavy atom. The average Bonchev–Trinajstić information content (AvgIpc) is 3.42. The predicted octanol–water partition coefficient (Wildman–Crippen LogP) is 5.90. The van der Waals surface area contributed by atoms with Crippen molar-refractivity contribution in [2.75, 3.05) is 6.61 Å². The lowest BCUT2D eigenvalue weighted by atomic mass is 10.0. The smallest absolute Gasteiger partial charge is 0.268 e. The minimum atomic E-state index is -0.776. The van der Waals surface area contributed by atoms with Gasteiger partial charge in [0.1, 0.15) is 11.5 Å². The van der Waals surface area contributed by atoms with Crippen LogP contribution in [0.5, 0.6) is 0 Å². The van der Waals surface area contributed by atoms with E-state index in [1.807, 2.05) is 0 Å². The van der Waals surface area contributed by atoms with Crippen molar-refractivity contribution in [2.24, 2.45) is 0 Å². The number of carbonyl (C=O) groups is 1. The highest BCUT2D eigenvalue weighted by Crippen LogP contribution is 2.35. The van der Waals surface area contributed by atoms with E-state index in [0.717, 1.165) is 0 Å². The van der Waals surface area contributed by atoms with Gasteiger partial charge in [-0.1, -0.05) is 46.0 Å². The Morgan fingerprint density at radius 2 is 1.88 bits per heavy atom. The minimum absolute atomic E-state index is 0.101. The molecule has 1 amide bonds. The highest BCUT2D eigenvalue weighted by atomic mass is 35.5. The van der Waals surface area contributed by atoms with E-state index in [1.54, 1.807) is 30.5 Å². The van der Waals surface area contributed by atoms with Crippen LogP contribution < -0.4 is 5.32 Å². The van der Waals surface area contributed by atoms with Gasteiger partial charge in [-0.15, -0.1) is 0 Å². The Balaban J connectivity index is 1.57. The van der Waals surface area contributed by atoms with Gasteiger partial charge in [0, 0.05) is 27.4 Å². The van der Waals surface area contributed by atoms with Crippen LogP contribution in [0.2, 0.25) is 15.1 Å². The Bertz CT molecular complexity index is 1270. The largest absolute Gasteiger partial charge is 0.394 e. The number of amides is 1. The minimum Gasteiger partial charge on any atom is -0.394 e. The molecule has 32 heavy (non-hydrogen) atoms. The first kappa shape index (κ1) is 22.4. The summed E-state index contributed by atoms with van der Waals surface area (Å²) in [6, 6.07) is 9.85. The van der Waals surface area contributed by atoms with E-state index in [4.69, 9.17) is 39.3 Å². The fourth-order valence-corrected chi connectivity index (χ4v) is 3.93. The van der Waals surface area contributed by atoms with Gasteiger partial charge in [0.15, 0.2) is 5.76 Å². The average molecular weight is 495 g/mol. The molecule has 2 aromatic heterocycles. The summed E-state index contributed by atoms with van der Waals surface area (Å²) in [5, 5.41) is 17.1. The summed E-state index contributed by atoms with van der Waals surface area (Å²) in [5.74, 6) is -0.651. The lowest BCUT2D eigenvalue weighted by Crippen LogP contribution is -2.31. The third-order valence-electron chi connectivity index (χ3n) is 4.77. The molecule has 0 aliphatic heterocycles. The standard InChI is InChI=1S/C22H15Cl3FN3O3/c23-14-3-12(4-15(24)7-14)16-9-28-32-21(16)13-6-19(27-8-13)22(31)29-20(10-30)11-1-2-18(26)17(25)5-11/h1-9,20,27,30H,10H2,(H,29,31). The van der Waals surface area contributed by atoms with E-state index in [2.05, 4.69) is 15.5 Å². The van der Waals surface area contributed by atoms with Crippen LogP contribution >= 0.6 is 34.8 Å². The van der Waals surface area contributed by atoms with Crippen LogP contribution in [-0.2, 0) is 0 Å². The van der Waals surface area contributed by atoms with E-state index in [1.165, 1.54) is 24.4 Å². The maximum Gasteiger partial charge on any atom is 0.268 e. The molecule has 1 unspecified atom stereocenters. The summed E-state index contributed by atoms with van der Waals surface area (Å²) in [5.41, 5.74) is 2.62. The maximum absolute atomic E-state index is 13.4. The van der Waals surface area contributed by atoms with Gasteiger partial charge in [-0.3, -0.25) is 4.79 Å². The highest BCUT2D eigenvalue weighted by molar-refractivity contribution is 6.35. The summed E-state index contributed by atoms with van der Waals surface area (Å²) < 4.78 is 18.8. The fraction of sp³-hybridized carbons (Fsp3) is 0.0909. The van der Waals surface area contributed by atoms with Crippen LogP contribution in [0, 0.1) is 5.82 Å². The lowest BCUT2D eigenvalue weighted by Gasteiger charge is -2.16. The molecule has 0 saturated carbocycles. The zero-order valence-electron chi connectivity index (χ0n) is 16.2. The molecule has 2 heterocycles. The zero-order valence-corrected chi connectivity index (χ0v) is 18.5. The summed E-state index contributed by atoms with van der Waals surface area (Å²) in [4.78, 5) is 15.6. The topological polar surface area (TPSA) is 91.2 Å². The fourth-order valence-electron chi connectivity index (χ4n) is 3.22. The molecule has 0 aliphatic carbocycles. The van der Waals surface area contributed by atoms with Gasteiger partial charge in [-0.05, 0) is 47.5 Å². The maximum atomic E-state index is 13.4. The van der Waals surface area contributed by atoms with Crippen molar-refractivity contribution < 1.29 is 18.8 Å². The second-order valence-corrected chi connectivity index (χ2v) is 8.19. The summed E-state index contributed by atoms with van der Waals surface area (Å²) in [6.07, 6.45) is 3.12. The molecule has 3 N–H and O–H groups in total. The molecular formula is C22H15Cl3FN3O3. The number of aromatic nitrogens is 2. The van der Waals surface area contributed by atoms with Crippen molar-refractivity contribution in [2.45, 2.75) is 6.04 Å². The zero-order chi connectivity index (χ0) is 22.8. The first-order valence-electron chi connectivity index (χ1n) is 9.32. The van der Waals surface area contributed by atoms with Crippen LogP contribution in [0.15, 0.2) is 59.4 Å². The van der Waals surface area contributed by atoms with Crippen molar-refractivity contribution in [3.8, 4) is 22.5 Å². The number of carbonyl (C=O) groups excluding carboxylic acids is 1. The third-order valence-corrected chi connectivity index (χ3v) is 5.49. The SMILES string of the molecule is O=C(NC(CO)c1ccc(F)c(Cl)c1)c1cc(-c2oncc2-c2cc(Cl)cc(Cl)c2)c[nH]1. The normalized spacial score (nSPS) is 12.0. The van der Waals surface area contributed by atoms with Crippen molar-refractivity contribution in [3.05, 3.63) is 87.0 Å². The van der Waals surface area contributed by atoms with Crippen molar-refractivity contribution in [1.82, 2.24) is 15.5 Å². The van der Waals surface area contributed by atoms with Crippen LogP contribution in [0.4, 0.5) is 4.39 Å². The van der Waals surface area contributed by atoms with Crippen LogP contribution in [0.3, 0.4) is 0 Å². The lowest BCUT2D eigenvalue weighted by molar-refractivity contribution is 0.0911. The molecule has 1 atom stereocenters. The van der Waals surface area contributed by atoms with Gasteiger partial charge in [0.05, 0.1) is 23.9 Å². The third kappa shape index (κ3) is 4.66. The molecule has 0 saturated heterocycles. The van der Waals surface area contributed by atoms with Crippen molar-refractivity contribution >= 4 is 40.7 Å². The molecule has 0 aliphatic rings. The Labute approximate surface area is 196 Å². The van der Waals surface area contributed by atoms with Crippen molar-refractivity contribution in [1.29, 1.82) is 0 Å². The number of aliphatic hydroxyl groups excluding tert-OH is 1. The van der Waals surface area contributed by atoms with Gasteiger partial charge in [0.2, 0.25) is 0 Å².